The van der Waals surface area contributed by atoms with Crippen molar-refractivity contribution in [1.29, 1.82) is 0 Å². The van der Waals surface area contributed by atoms with E-state index in [9.17, 15) is 0 Å². The quantitative estimate of drug-likeness (QED) is 0.865. The molecule has 1 atom stereocenters. The van der Waals surface area contributed by atoms with E-state index in [0.717, 1.165) is 13.0 Å². The average molecular weight is 232 g/mol. The number of rotatable bonds is 4. The minimum absolute atomic E-state index is 0.613. The molecule has 0 aliphatic carbocycles. The van der Waals surface area contributed by atoms with E-state index in [-0.39, 0.29) is 0 Å². The van der Waals surface area contributed by atoms with Gasteiger partial charge in [0.05, 0.1) is 0 Å². The lowest BCUT2D eigenvalue weighted by Crippen LogP contribution is -2.40. The molecule has 0 spiro atoms. The van der Waals surface area contributed by atoms with E-state index in [1.165, 1.54) is 42.6 Å². The Balaban J connectivity index is 2.27. The van der Waals surface area contributed by atoms with Crippen LogP contribution in [0.15, 0.2) is 18.2 Å². The molecule has 1 aromatic carbocycles. The van der Waals surface area contributed by atoms with Crippen LogP contribution in [0.2, 0.25) is 0 Å². The molecule has 17 heavy (non-hydrogen) atoms. The minimum Gasteiger partial charge on any atom is -0.368 e. The fourth-order valence-corrected chi connectivity index (χ4v) is 2.91. The van der Waals surface area contributed by atoms with E-state index >= 15 is 0 Å². The molecule has 0 saturated carbocycles. The van der Waals surface area contributed by atoms with E-state index in [1.807, 2.05) is 0 Å². The predicted octanol–water partition coefficient (Wildman–Crippen LogP) is 2.88. The van der Waals surface area contributed by atoms with Gasteiger partial charge in [-0.05, 0) is 50.8 Å². The summed E-state index contributed by atoms with van der Waals surface area (Å²) in [6, 6.07) is 7.48. The van der Waals surface area contributed by atoms with Gasteiger partial charge >= 0.3 is 0 Å². The van der Waals surface area contributed by atoms with E-state index < -0.39 is 0 Å². The summed E-state index contributed by atoms with van der Waals surface area (Å²) >= 11 is 0. The van der Waals surface area contributed by atoms with Crippen molar-refractivity contribution in [3.8, 4) is 0 Å². The minimum atomic E-state index is 0.613. The molecule has 0 saturated heterocycles. The lowest BCUT2D eigenvalue weighted by Gasteiger charge is -2.38. The van der Waals surface area contributed by atoms with Gasteiger partial charge < -0.3 is 10.6 Å². The van der Waals surface area contributed by atoms with Gasteiger partial charge in [0.25, 0.3) is 0 Å². The molecule has 2 rings (SSSR count). The van der Waals surface area contributed by atoms with Crippen LogP contribution in [0.25, 0.3) is 0 Å². The highest BCUT2D eigenvalue weighted by molar-refractivity contribution is 5.57. The van der Waals surface area contributed by atoms with Crippen LogP contribution in [-0.4, -0.2) is 19.1 Å². The number of nitrogens with zero attached hydrogens (tertiary/aromatic N) is 1. The molecule has 2 N–H and O–H groups in total. The summed E-state index contributed by atoms with van der Waals surface area (Å²) in [6.07, 6.45) is 4.79. The van der Waals surface area contributed by atoms with Gasteiger partial charge in [-0.2, -0.15) is 0 Å². The van der Waals surface area contributed by atoms with Gasteiger partial charge in [0.2, 0.25) is 0 Å². The third-order valence-corrected chi connectivity index (χ3v) is 3.80. The lowest BCUT2D eigenvalue weighted by atomic mass is 9.96. The van der Waals surface area contributed by atoms with E-state index in [2.05, 4.69) is 36.9 Å². The molecule has 0 aromatic heterocycles. The lowest BCUT2D eigenvalue weighted by molar-refractivity contribution is 0.520. The Morgan fingerprint density at radius 2 is 2.24 bits per heavy atom. The Bertz CT molecular complexity index is 373. The summed E-state index contributed by atoms with van der Waals surface area (Å²) in [5.41, 5.74) is 10.1. The van der Waals surface area contributed by atoms with Crippen molar-refractivity contribution < 1.29 is 0 Å². The molecule has 1 aliphatic rings. The van der Waals surface area contributed by atoms with Crippen LogP contribution in [0.4, 0.5) is 5.69 Å². The highest BCUT2D eigenvalue weighted by atomic mass is 15.2. The summed E-state index contributed by atoms with van der Waals surface area (Å²) < 4.78 is 0. The molecular weight excluding hydrogens is 208 g/mol. The Morgan fingerprint density at radius 3 is 2.94 bits per heavy atom. The van der Waals surface area contributed by atoms with Crippen molar-refractivity contribution in [2.24, 2.45) is 5.73 Å². The van der Waals surface area contributed by atoms with Gasteiger partial charge in [0.15, 0.2) is 0 Å². The van der Waals surface area contributed by atoms with Crippen LogP contribution in [0.5, 0.6) is 0 Å². The zero-order valence-electron chi connectivity index (χ0n) is 11.1. The first kappa shape index (κ1) is 12.4. The first-order valence-electron chi connectivity index (χ1n) is 6.82. The summed E-state index contributed by atoms with van der Waals surface area (Å²) in [5, 5.41) is 0. The Labute approximate surface area is 105 Å². The molecule has 1 aliphatic heterocycles. The van der Waals surface area contributed by atoms with Crippen LogP contribution in [0.1, 0.15) is 37.3 Å². The second kappa shape index (κ2) is 5.54. The number of hydrogen-bond donors (Lipinski definition) is 1. The fraction of sp³-hybridized carbons (Fsp3) is 0.600. The van der Waals surface area contributed by atoms with Crippen LogP contribution in [0, 0.1) is 6.92 Å². The maximum Gasteiger partial charge on any atom is 0.0401 e. The van der Waals surface area contributed by atoms with Crippen molar-refractivity contribution in [2.75, 3.05) is 18.0 Å². The van der Waals surface area contributed by atoms with Crippen molar-refractivity contribution in [3.05, 3.63) is 29.3 Å². The Hall–Kier alpha value is -1.02. The molecular formula is C15H24N2. The van der Waals surface area contributed by atoms with Crippen molar-refractivity contribution in [1.82, 2.24) is 0 Å². The number of hydrogen-bond acceptors (Lipinski definition) is 2. The zero-order chi connectivity index (χ0) is 12.3. The van der Waals surface area contributed by atoms with Crippen molar-refractivity contribution in [3.63, 3.8) is 0 Å². The third-order valence-electron chi connectivity index (χ3n) is 3.80. The van der Waals surface area contributed by atoms with E-state index in [0.29, 0.717) is 6.04 Å². The molecule has 0 radical (unpaired) electrons. The SMILES string of the molecule is CCC(CCN)N1CCCc2cc(C)ccc21. The van der Waals surface area contributed by atoms with Crippen LogP contribution in [-0.2, 0) is 6.42 Å². The van der Waals surface area contributed by atoms with E-state index in [1.54, 1.807) is 0 Å². The number of fused-ring (bicyclic) bond motifs is 1. The Kier molecular flexibility index (Phi) is 4.06. The molecule has 2 heteroatoms. The summed E-state index contributed by atoms with van der Waals surface area (Å²) in [6.45, 7) is 6.42. The fourth-order valence-electron chi connectivity index (χ4n) is 2.91. The number of benzene rings is 1. The molecule has 1 unspecified atom stereocenters. The standard InChI is InChI=1S/C15H24N2/c1-3-14(8-9-16)17-10-4-5-13-11-12(2)6-7-15(13)17/h6-7,11,14H,3-5,8-10,16H2,1-2H3. The van der Waals surface area contributed by atoms with Crippen LogP contribution >= 0.6 is 0 Å². The number of nitrogens with two attached hydrogens (primary N) is 1. The molecule has 0 fully saturated rings. The van der Waals surface area contributed by atoms with Crippen molar-refractivity contribution in [2.45, 2.75) is 45.6 Å². The first-order valence-corrected chi connectivity index (χ1v) is 6.82. The second-order valence-electron chi connectivity index (χ2n) is 5.07. The van der Waals surface area contributed by atoms with Gasteiger partial charge in [-0.3, -0.25) is 0 Å². The summed E-state index contributed by atoms with van der Waals surface area (Å²) in [4.78, 5) is 2.57. The second-order valence-corrected chi connectivity index (χ2v) is 5.07. The van der Waals surface area contributed by atoms with Gasteiger partial charge in [-0.25, -0.2) is 0 Å². The molecule has 1 aromatic rings. The summed E-state index contributed by atoms with van der Waals surface area (Å²) in [5.74, 6) is 0. The first-order chi connectivity index (χ1) is 8.26. The van der Waals surface area contributed by atoms with Crippen molar-refractivity contribution >= 4 is 5.69 Å². The normalized spacial score (nSPS) is 16.8. The van der Waals surface area contributed by atoms with E-state index in [4.69, 9.17) is 5.73 Å². The molecule has 0 bridgehead atoms. The highest BCUT2D eigenvalue weighted by Crippen LogP contribution is 2.30. The smallest absolute Gasteiger partial charge is 0.0401 e. The monoisotopic (exact) mass is 232 g/mol. The van der Waals surface area contributed by atoms with Gasteiger partial charge in [0, 0.05) is 18.3 Å². The Morgan fingerprint density at radius 1 is 1.41 bits per heavy atom. The zero-order valence-corrected chi connectivity index (χ0v) is 11.1. The molecule has 2 nitrogen and oxygen atoms in total. The van der Waals surface area contributed by atoms with Gasteiger partial charge in [0.1, 0.15) is 0 Å². The highest BCUT2D eigenvalue weighted by Gasteiger charge is 2.22. The maximum absolute atomic E-state index is 5.73. The van der Waals surface area contributed by atoms with Gasteiger partial charge in [-0.1, -0.05) is 24.6 Å². The predicted molar refractivity (Wildman–Crippen MR) is 74.6 cm³/mol. The largest absolute Gasteiger partial charge is 0.368 e. The number of aryl methyl sites for hydroxylation is 2. The summed E-state index contributed by atoms with van der Waals surface area (Å²) in [7, 11) is 0. The average Bonchev–Trinajstić information content (AvgIpc) is 2.35. The maximum atomic E-state index is 5.73. The topological polar surface area (TPSA) is 29.3 Å². The molecule has 94 valence electrons. The molecule has 0 amide bonds. The van der Waals surface area contributed by atoms with Gasteiger partial charge in [-0.15, -0.1) is 0 Å². The van der Waals surface area contributed by atoms with Crippen LogP contribution in [0.3, 0.4) is 0 Å². The molecule has 1 heterocycles. The third kappa shape index (κ3) is 2.63. The van der Waals surface area contributed by atoms with Crippen LogP contribution < -0.4 is 10.6 Å². The number of anilines is 1.